The fraction of sp³-hybridized carbons (Fsp3) is 0.250. The Bertz CT molecular complexity index is 553. The molecular weight excluding hydrogens is 216 g/mol. The molecule has 0 saturated heterocycles. The van der Waals surface area contributed by atoms with Gasteiger partial charge in [-0.25, -0.2) is 0 Å². The number of anilines is 1. The van der Waals surface area contributed by atoms with E-state index in [0.29, 0.717) is 17.7 Å². The second-order valence-corrected chi connectivity index (χ2v) is 3.74. The van der Waals surface area contributed by atoms with Crippen molar-refractivity contribution in [3.63, 3.8) is 0 Å². The van der Waals surface area contributed by atoms with Crippen molar-refractivity contribution in [2.45, 2.75) is 13.3 Å². The molecule has 0 bridgehead atoms. The van der Waals surface area contributed by atoms with Crippen molar-refractivity contribution < 1.29 is 4.79 Å². The minimum atomic E-state index is -0.275. The zero-order chi connectivity index (χ0) is 12.3. The number of nitrogens with two attached hydrogens (primary N) is 1. The van der Waals surface area contributed by atoms with E-state index in [4.69, 9.17) is 5.73 Å². The van der Waals surface area contributed by atoms with Crippen molar-refractivity contribution in [2.75, 3.05) is 12.3 Å². The quantitative estimate of drug-likeness (QED) is 0.834. The number of nitrogens with zero attached hydrogens (tertiary/aromatic N) is 2. The lowest BCUT2D eigenvalue weighted by Gasteiger charge is -2.07. The minimum absolute atomic E-state index is 0.192. The molecule has 1 amide bonds. The molecule has 0 fully saturated rings. The Morgan fingerprint density at radius 3 is 2.88 bits per heavy atom. The number of carbonyl (C=O) groups excluding carboxylic acids is 1. The number of fused-ring (bicyclic) bond motifs is 1. The Morgan fingerprint density at radius 2 is 2.12 bits per heavy atom. The maximum absolute atomic E-state index is 11.8. The molecule has 0 aliphatic heterocycles. The van der Waals surface area contributed by atoms with Gasteiger partial charge in [-0.2, -0.15) is 0 Å². The minimum Gasteiger partial charge on any atom is -0.396 e. The summed E-state index contributed by atoms with van der Waals surface area (Å²) in [6.45, 7) is 2.59. The number of rotatable bonds is 3. The lowest BCUT2D eigenvalue weighted by Crippen LogP contribution is -2.26. The van der Waals surface area contributed by atoms with Crippen LogP contribution in [0.5, 0.6) is 0 Å². The Morgan fingerprint density at radius 1 is 1.35 bits per heavy atom. The van der Waals surface area contributed by atoms with Crippen LogP contribution in [-0.4, -0.2) is 22.6 Å². The predicted octanol–water partition coefficient (Wildman–Crippen LogP) is 1.35. The molecule has 1 aromatic carbocycles. The van der Waals surface area contributed by atoms with E-state index in [1.165, 1.54) is 0 Å². The van der Waals surface area contributed by atoms with Gasteiger partial charge >= 0.3 is 0 Å². The van der Waals surface area contributed by atoms with Crippen molar-refractivity contribution in [3.8, 4) is 0 Å². The van der Waals surface area contributed by atoms with Gasteiger partial charge in [-0.15, -0.1) is 10.2 Å². The van der Waals surface area contributed by atoms with Crippen LogP contribution < -0.4 is 11.1 Å². The van der Waals surface area contributed by atoms with E-state index in [9.17, 15) is 4.79 Å². The van der Waals surface area contributed by atoms with Crippen LogP contribution in [-0.2, 0) is 0 Å². The maximum Gasteiger partial charge on any atom is 0.273 e. The average Bonchev–Trinajstić information content (AvgIpc) is 2.37. The van der Waals surface area contributed by atoms with E-state index < -0.39 is 0 Å². The fourth-order valence-corrected chi connectivity index (χ4v) is 1.56. The van der Waals surface area contributed by atoms with Crippen LogP contribution in [0.15, 0.2) is 24.3 Å². The second-order valence-electron chi connectivity index (χ2n) is 3.74. The summed E-state index contributed by atoms with van der Waals surface area (Å²) in [6.07, 6.45) is 0.868. The Hall–Kier alpha value is -2.17. The molecule has 88 valence electrons. The first-order valence-electron chi connectivity index (χ1n) is 5.53. The average molecular weight is 230 g/mol. The first-order valence-corrected chi connectivity index (χ1v) is 5.53. The van der Waals surface area contributed by atoms with Crippen LogP contribution in [0, 0.1) is 0 Å². The SMILES string of the molecule is CCCNC(=O)c1nnc2ccccc2c1N. The van der Waals surface area contributed by atoms with E-state index >= 15 is 0 Å². The number of benzene rings is 1. The van der Waals surface area contributed by atoms with Crippen LogP contribution >= 0.6 is 0 Å². The monoisotopic (exact) mass is 230 g/mol. The molecule has 0 saturated carbocycles. The first-order chi connectivity index (χ1) is 8.24. The number of carbonyl (C=O) groups is 1. The van der Waals surface area contributed by atoms with Crippen LogP contribution in [0.2, 0.25) is 0 Å². The normalized spacial score (nSPS) is 10.4. The Kier molecular flexibility index (Phi) is 3.18. The van der Waals surface area contributed by atoms with Gasteiger partial charge in [-0.05, 0) is 12.5 Å². The number of aromatic nitrogens is 2. The van der Waals surface area contributed by atoms with Gasteiger partial charge in [-0.1, -0.05) is 25.1 Å². The van der Waals surface area contributed by atoms with Gasteiger partial charge in [0.2, 0.25) is 0 Å². The molecule has 5 nitrogen and oxygen atoms in total. The van der Waals surface area contributed by atoms with Gasteiger partial charge in [0.25, 0.3) is 5.91 Å². The molecule has 0 aliphatic rings. The fourth-order valence-electron chi connectivity index (χ4n) is 1.56. The summed E-state index contributed by atoms with van der Waals surface area (Å²) in [5.74, 6) is -0.275. The van der Waals surface area contributed by atoms with Crippen LogP contribution in [0.1, 0.15) is 23.8 Å². The summed E-state index contributed by atoms with van der Waals surface area (Å²) in [4.78, 5) is 11.8. The van der Waals surface area contributed by atoms with E-state index in [2.05, 4.69) is 15.5 Å². The van der Waals surface area contributed by atoms with Crippen LogP contribution in [0.25, 0.3) is 10.9 Å². The van der Waals surface area contributed by atoms with Gasteiger partial charge in [0.1, 0.15) is 0 Å². The number of nitrogens with one attached hydrogen (secondary N) is 1. The highest BCUT2D eigenvalue weighted by molar-refractivity contribution is 6.04. The standard InChI is InChI=1S/C12H14N4O/c1-2-7-14-12(17)11-10(13)8-5-3-4-6-9(8)15-16-11/h3-6H,2,7H2,1H3,(H2,13,15)(H,14,17). The van der Waals surface area contributed by atoms with E-state index in [1.54, 1.807) is 0 Å². The smallest absolute Gasteiger partial charge is 0.273 e. The van der Waals surface area contributed by atoms with Gasteiger partial charge < -0.3 is 11.1 Å². The largest absolute Gasteiger partial charge is 0.396 e. The highest BCUT2D eigenvalue weighted by atomic mass is 16.1. The number of hydrogen-bond donors (Lipinski definition) is 2. The summed E-state index contributed by atoms with van der Waals surface area (Å²) in [5.41, 5.74) is 7.19. The highest BCUT2D eigenvalue weighted by Gasteiger charge is 2.14. The second kappa shape index (κ2) is 4.78. The van der Waals surface area contributed by atoms with Crippen molar-refractivity contribution >= 4 is 22.5 Å². The van der Waals surface area contributed by atoms with Gasteiger partial charge in [0, 0.05) is 11.9 Å². The first kappa shape index (κ1) is 11.3. The molecule has 5 heteroatoms. The molecule has 2 aromatic rings. The summed E-state index contributed by atoms with van der Waals surface area (Å²) < 4.78 is 0. The van der Waals surface area contributed by atoms with E-state index in [1.807, 2.05) is 31.2 Å². The summed E-state index contributed by atoms with van der Waals surface area (Å²) in [5, 5.41) is 11.3. The molecule has 2 rings (SSSR count). The van der Waals surface area contributed by atoms with Gasteiger partial charge in [-0.3, -0.25) is 4.79 Å². The zero-order valence-electron chi connectivity index (χ0n) is 9.60. The molecule has 1 heterocycles. The molecule has 17 heavy (non-hydrogen) atoms. The van der Waals surface area contributed by atoms with Crippen molar-refractivity contribution in [2.24, 2.45) is 0 Å². The lowest BCUT2D eigenvalue weighted by atomic mass is 10.1. The third-order valence-corrected chi connectivity index (χ3v) is 2.46. The maximum atomic E-state index is 11.8. The van der Waals surface area contributed by atoms with E-state index in [0.717, 1.165) is 11.8 Å². The number of amides is 1. The number of nitrogen functional groups attached to an aromatic ring is 1. The van der Waals surface area contributed by atoms with Crippen molar-refractivity contribution in [1.82, 2.24) is 15.5 Å². The summed E-state index contributed by atoms with van der Waals surface area (Å²) in [7, 11) is 0. The molecule has 0 unspecified atom stereocenters. The summed E-state index contributed by atoms with van der Waals surface area (Å²) in [6, 6.07) is 7.35. The van der Waals surface area contributed by atoms with Crippen LogP contribution in [0.4, 0.5) is 5.69 Å². The lowest BCUT2D eigenvalue weighted by molar-refractivity contribution is 0.0949. The van der Waals surface area contributed by atoms with Crippen molar-refractivity contribution in [1.29, 1.82) is 0 Å². The van der Waals surface area contributed by atoms with Gasteiger partial charge in [0.05, 0.1) is 11.2 Å². The Labute approximate surface area is 99.0 Å². The molecule has 3 N–H and O–H groups in total. The summed E-state index contributed by atoms with van der Waals surface area (Å²) >= 11 is 0. The third-order valence-electron chi connectivity index (χ3n) is 2.46. The third kappa shape index (κ3) is 2.18. The topological polar surface area (TPSA) is 80.9 Å². The van der Waals surface area contributed by atoms with E-state index in [-0.39, 0.29) is 11.6 Å². The number of hydrogen-bond acceptors (Lipinski definition) is 4. The molecule has 0 radical (unpaired) electrons. The molecule has 0 aliphatic carbocycles. The molecule has 1 aromatic heterocycles. The predicted molar refractivity (Wildman–Crippen MR) is 66.6 cm³/mol. The Balaban J connectivity index is 2.42. The highest BCUT2D eigenvalue weighted by Crippen LogP contribution is 2.20. The van der Waals surface area contributed by atoms with Gasteiger partial charge in [0.15, 0.2) is 5.69 Å². The van der Waals surface area contributed by atoms with Crippen molar-refractivity contribution in [3.05, 3.63) is 30.0 Å². The molecule has 0 spiro atoms. The van der Waals surface area contributed by atoms with Crippen LogP contribution in [0.3, 0.4) is 0 Å². The zero-order valence-corrected chi connectivity index (χ0v) is 9.60. The molecule has 0 atom stereocenters. The molecular formula is C12H14N4O.